The molecule has 2 N–H and O–H groups in total. The highest BCUT2D eigenvalue weighted by atomic mass is 28.5. The van der Waals surface area contributed by atoms with Gasteiger partial charge in [-0.2, -0.15) is 0 Å². The van der Waals surface area contributed by atoms with Crippen LogP contribution < -0.4 is 10.1 Å². The highest BCUT2D eigenvalue weighted by Gasteiger charge is 2.49. The first-order valence-corrected chi connectivity index (χ1v) is 26.4. The molecule has 0 aliphatic heterocycles. The van der Waals surface area contributed by atoms with Crippen molar-refractivity contribution in [1.29, 1.82) is 0 Å². The smallest absolute Gasteiger partial charge is 0.466 e. The minimum atomic E-state index is -2.47. The fourth-order valence-corrected chi connectivity index (χ4v) is 19.8. The lowest BCUT2D eigenvalue weighted by atomic mass is 9.71. The third-order valence-corrected chi connectivity index (χ3v) is 17.6. The summed E-state index contributed by atoms with van der Waals surface area (Å²) < 4.78 is 23.9. The van der Waals surface area contributed by atoms with Gasteiger partial charge in [-0.05, 0) is 103 Å². The van der Waals surface area contributed by atoms with Gasteiger partial charge in [-0.15, -0.1) is 0 Å². The van der Waals surface area contributed by atoms with E-state index < -0.39 is 45.3 Å². The number of carbonyl (C=O) groups is 2. The molecule has 2 rings (SSSR count). The maximum absolute atomic E-state index is 12.8. The molecule has 8 nitrogen and oxygen atoms in total. The van der Waals surface area contributed by atoms with Crippen molar-refractivity contribution in [3.63, 3.8) is 0 Å². The Morgan fingerprint density at radius 2 is 1.33 bits per heavy atom. The number of nitrogens with one attached hydrogen (secondary N) is 1. The van der Waals surface area contributed by atoms with Gasteiger partial charge in [-0.1, -0.05) is 12.8 Å². The van der Waals surface area contributed by atoms with Crippen LogP contribution >= 0.6 is 0 Å². The number of amides is 1. The Morgan fingerprint density at radius 3 is 1.72 bits per heavy atom. The minimum Gasteiger partial charge on any atom is -0.497 e. The van der Waals surface area contributed by atoms with E-state index in [2.05, 4.69) is 70.8 Å². The molecule has 0 spiro atoms. The summed E-state index contributed by atoms with van der Waals surface area (Å²) in [6, 6.07) is 6.62. The van der Waals surface area contributed by atoms with Crippen LogP contribution in [0.15, 0.2) is 24.3 Å². The summed E-state index contributed by atoms with van der Waals surface area (Å²) in [5.74, 6) is -0.666. The van der Waals surface area contributed by atoms with Crippen LogP contribution in [-0.4, -0.2) is 69.8 Å². The molecule has 224 valence electrons. The van der Waals surface area contributed by atoms with Crippen molar-refractivity contribution >= 4 is 45.4 Å². The normalized spacial score (nSPS) is 20.5. The zero-order chi connectivity index (χ0) is 30.3. The lowest BCUT2D eigenvalue weighted by Gasteiger charge is -2.40. The van der Waals surface area contributed by atoms with Crippen LogP contribution in [0.4, 0.5) is 0 Å². The number of rotatable bonds is 11. The Hall–Kier alpha value is -1.13. The van der Waals surface area contributed by atoms with Gasteiger partial charge in [-0.3, -0.25) is 9.59 Å². The van der Waals surface area contributed by atoms with Crippen molar-refractivity contribution in [2.75, 3.05) is 13.7 Å². The van der Waals surface area contributed by atoms with Gasteiger partial charge in [-0.25, -0.2) is 0 Å². The second-order valence-corrected chi connectivity index (χ2v) is 30.0. The molecule has 1 amide bonds. The molecule has 2 unspecified atom stereocenters. The summed E-state index contributed by atoms with van der Waals surface area (Å²) >= 11 is 0. The molecule has 0 saturated heterocycles. The van der Waals surface area contributed by atoms with E-state index in [1.807, 2.05) is 6.92 Å². The van der Waals surface area contributed by atoms with Gasteiger partial charge in [0, 0.05) is 18.7 Å². The number of hydrogen-bond acceptors (Lipinski definition) is 7. The van der Waals surface area contributed by atoms with Crippen molar-refractivity contribution in [2.45, 2.75) is 104 Å². The first-order valence-electron chi connectivity index (χ1n) is 13.9. The third-order valence-electron chi connectivity index (χ3n) is 5.76. The molecule has 39 heavy (non-hydrogen) atoms. The van der Waals surface area contributed by atoms with Crippen LogP contribution in [0.25, 0.3) is 0 Å². The number of ketones is 1. The van der Waals surface area contributed by atoms with Crippen LogP contribution in [0, 0.1) is 5.92 Å². The third kappa shape index (κ3) is 12.5. The van der Waals surface area contributed by atoms with Crippen molar-refractivity contribution in [1.82, 2.24) is 5.32 Å². The SMILES string of the molecule is CCNC(=O)C1CCCCC1(O)C(=O)c1ccc(OC)cc1.C[Si](C)(C)O[Si](C)(O[Si](C)(C)C)O[Si](C)(C)C. The van der Waals surface area contributed by atoms with E-state index in [4.69, 9.17) is 17.1 Å². The van der Waals surface area contributed by atoms with E-state index >= 15 is 0 Å². The summed E-state index contributed by atoms with van der Waals surface area (Å²) in [6.07, 6.45) is 2.44. The van der Waals surface area contributed by atoms with Gasteiger partial charge in [0.1, 0.15) is 11.4 Å². The van der Waals surface area contributed by atoms with Crippen LogP contribution in [0.2, 0.25) is 65.5 Å². The topological polar surface area (TPSA) is 103 Å². The quantitative estimate of drug-likeness (QED) is 0.231. The summed E-state index contributed by atoms with van der Waals surface area (Å²) in [7, 11) is -5.83. The van der Waals surface area contributed by atoms with E-state index in [0.29, 0.717) is 30.7 Å². The van der Waals surface area contributed by atoms with E-state index in [1.54, 1.807) is 31.4 Å². The molecule has 1 aromatic carbocycles. The molecule has 12 heteroatoms. The van der Waals surface area contributed by atoms with Crippen LogP contribution in [0.1, 0.15) is 43.0 Å². The molecule has 0 heterocycles. The van der Waals surface area contributed by atoms with Gasteiger partial charge < -0.3 is 27.5 Å². The van der Waals surface area contributed by atoms with Crippen LogP contribution in [0.3, 0.4) is 0 Å². The fraction of sp³-hybridized carbons (Fsp3) is 0.704. The van der Waals surface area contributed by atoms with E-state index in [0.717, 1.165) is 12.8 Å². The lowest BCUT2D eigenvalue weighted by molar-refractivity contribution is -0.134. The zero-order valence-corrected chi connectivity index (χ0v) is 30.3. The molecule has 1 fully saturated rings. The first-order chi connectivity index (χ1) is 17.6. The number of Topliss-reactive ketones (excluding diaryl/α,β-unsaturated/α-hetero) is 1. The average molecular weight is 616 g/mol. The van der Waals surface area contributed by atoms with Gasteiger partial charge in [0.05, 0.1) is 13.0 Å². The first kappa shape index (κ1) is 35.9. The predicted molar refractivity (Wildman–Crippen MR) is 168 cm³/mol. The molecule has 2 atom stereocenters. The lowest BCUT2D eigenvalue weighted by Crippen LogP contribution is -2.58. The second-order valence-electron chi connectivity index (χ2n) is 13.2. The molecule has 0 aromatic heterocycles. The number of methoxy groups -OCH3 is 1. The monoisotopic (exact) mass is 615 g/mol. The molecule has 1 aromatic rings. The van der Waals surface area contributed by atoms with Gasteiger partial charge >= 0.3 is 8.80 Å². The minimum absolute atomic E-state index is 0.244. The summed E-state index contributed by atoms with van der Waals surface area (Å²) in [5, 5.41) is 13.7. The largest absolute Gasteiger partial charge is 0.497 e. The van der Waals surface area contributed by atoms with E-state index in [9.17, 15) is 14.7 Å². The molecule has 0 bridgehead atoms. The highest BCUT2D eigenvalue weighted by molar-refractivity contribution is 6.89. The maximum atomic E-state index is 12.8. The highest BCUT2D eigenvalue weighted by Crippen LogP contribution is 2.37. The van der Waals surface area contributed by atoms with Crippen molar-refractivity contribution in [3.05, 3.63) is 29.8 Å². The summed E-state index contributed by atoms with van der Waals surface area (Å²) in [4.78, 5) is 25.0. The summed E-state index contributed by atoms with van der Waals surface area (Å²) in [6.45, 7) is 24.1. The summed E-state index contributed by atoms with van der Waals surface area (Å²) in [5.41, 5.74) is -1.22. The van der Waals surface area contributed by atoms with Gasteiger partial charge in [0.15, 0.2) is 30.7 Å². The number of ether oxygens (including phenoxy) is 1. The standard InChI is InChI=1S/C17H23NO4.C10H30O3Si4/c1-3-18-16(20)14-6-4-5-11-17(14,21)15(19)12-7-9-13(22-2)10-8-12;1-14(2,3)11-17(10,12-15(4,5)6)13-16(7,8)9/h7-10,14,21H,3-6,11H2,1-2H3,(H,18,20);1-10H3. The Labute approximate surface area is 240 Å². The molecule has 1 aliphatic carbocycles. The van der Waals surface area contributed by atoms with Crippen molar-refractivity contribution < 1.29 is 31.8 Å². The Bertz CT molecular complexity index is 899. The van der Waals surface area contributed by atoms with Gasteiger partial charge in [0.2, 0.25) is 5.91 Å². The fourth-order valence-electron chi connectivity index (χ4n) is 4.80. The van der Waals surface area contributed by atoms with Crippen LogP contribution in [-0.2, 0) is 17.1 Å². The number of aliphatic hydroxyl groups is 1. The molecule has 1 aliphatic rings. The number of benzene rings is 1. The Balaban J connectivity index is 0.000000406. The maximum Gasteiger partial charge on any atom is 0.466 e. The molecule has 0 radical (unpaired) electrons. The predicted octanol–water partition coefficient (Wildman–Crippen LogP) is 6.04. The van der Waals surface area contributed by atoms with E-state index in [-0.39, 0.29) is 11.7 Å². The molecular formula is C27H53NO7Si4. The Kier molecular flexibility index (Phi) is 13.0. The van der Waals surface area contributed by atoms with E-state index in [1.165, 1.54) is 0 Å². The van der Waals surface area contributed by atoms with Crippen molar-refractivity contribution in [2.24, 2.45) is 5.92 Å². The zero-order valence-electron chi connectivity index (χ0n) is 26.3. The molecular weight excluding hydrogens is 563 g/mol. The average Bonchev–Trinajstić information content (AvgIpc) is 2.75. The Morgan fingerprint density at radius 1 is 0.872 bits per heavy atom. The number of carbonyl (C=O) groups excluding carboxylic acids is 2. The molecule has 1 saturated carbocycles. The van der Waals surface area contributed by atoms with Crippen LogP contribution in [0.5, 0.6) is 5.75 Å². The van der Waals surface area contributed by atoms with Crippen molar-refractivity contribution in [3.8, 4) is 5.75 Å². The van der Waals surface area contributed by atoms with Gasteiger partial charge in [0.25, 0.3) is 0 Å². The number of hydrogen-bond donors (Lipinski definition) is 2. The second kappa shape index (κ2) is 14.2.